The number of para-hydroxylation sites is 6. The third kappa shape index (κ3) is 23.8. The van der Waals surface area contributed by atoms with E-state index in [1.165, 1.54) is 63.4 Å². The maximum absolute atomic E-state index is 6.39. The number of rotatable bonds is 20. The minimum absolute atomic E-state index is 0.682. The van der Waals surface area contributed by atoms with Crippen LogP contribution in [-0.4, -0.2) is 123 Å². The molecule has 22 aromatic rings. The summed E-state index contributed by atoms with van der Waals surface area (Å²) in [4.78, 5) is 22.6. The van der Waals surface area contributed by atoms with Crippen molar-refractivity contribution < 1.29 is 25.6 Å². The molecular formula is C116H89Al5N5O7Si2. The van der Waals surface area contributed by atoms with Crippen LogP contribution in [0.5, 0.6) is 34.5 Å². The summed E-state index contributed by atoms with van der Waals surface area (Å²) in [5, 5.41) is 21.9. The summed E-state index contributed by atoms with van der Waals surface area (Å²) in [6.07, 6.45) is 0. The molecule has 0 N–H and O–H groups in total. The van der Waals surface area contributed by atoms with E-state index in [-0.39, 0.29) is 0 Å². The molecule has 0 aliphatic heterocycles. The first-order valence-electron chi connectivity index (χ1n) is 44.4. The second kappa shape index (κ2) is 46.4. The van der Waals surface area contributed by atoms with Gasteiger partial charge in [0.15, 0.2) is 17.6 Å². The van der Waals surface area contributed by atoms with Gasteiger partial charge in [-0.1, -0.05) is 404 Å². The van der Waals surface area contributed by atoms with E-state index in [0.29, 0.717) is 0 Å². The Morgan fingerprint density at radius 3 is 0.881 bits per heavy atom. The van der Waals surface area contributed by atoms with Crippen molar-refractivity contribution >= 4 is 216 Å². The second-order valence-corrected chi connectivity index (χ2v) is 40.0. The molecule has 5 heterocycles. The van der Waals surface area contributed by atoms with Crippen molar-refractivity contribution in [2.45, 2.75) is 34.6 Å². The fraction of sp³-hybridized carbons (Fsp3) is 0.0431. The Balaban J connectivity index is 0.000000115. The minimum atomic E-state index is -1.09. The average Bonchev–Trinajstić information content (AvgIpc) is 0.746. The predicted octanol–water partition coefficient (Wildman–Crippen LogP) is 22.7. The van der Waals surface area contributed by atoms with Crippen LogP contribution in [-0.2, 0) is 2.84 Å². The fourth-order valence-corrected chi connectivity index (χ4v) is 23.8. The van der Waals surface area contributed by atoms with Crippen LogP contribution in [0.4, 0.5) is 0 Å². The minimum Gasteiger partial charge on any atom is -0.652 e. The Labute approximate surface area is 828 Å². The van der Waals surface area contributed by atoms with Crippen molar-refractivity contribution in [3.63, 3.8) is 0 Å². The largest absolute Gasteiger partial charge is 0.881 e. The van der Waals surface area contributed by atoms with Gasteiger partial charge >= 0.3 is 80.9 Å². The molecule has 0 spiro atoms. The fourth-order valence-electron chi connectivity index (χ4n) is 16.1. The monoisotopic (exact) mass is 1850 g/mol. The molecule has 643 valence electrons. The van der Waals surface area contributed by atoms with Crippen molar-refractivity contribution in [1.29, 1.82) is 0 Å². The standard InChI is InChI=1S/C26H19Si.C22H17Si.C18H14O.5C10H9NO.5Al.O/c1-2-13-23(14-3-1)27(24-18-17-20-9-4-5-11-22(20)19-24)26-16-8-12-21-10-6-7-15-25(21)26;1-3-11-20(12-4-1)23(21-13-5-2-6-14-21)22-16-15-18-9-7-8-10-19(18)17-22;19-18-16(14-8-3-1-4-9-14)12-7-13-17(18)15-10-5-2-6-11-15;5*1-7-5-6-8-3-2-4-9(12)10(8)11-7;;;;;;/h1-19H;1-17H;1-13,19H;5*2-6,12H,1H3;;;;;;/q;;;;;;;;4*+1;+2;/p-6. The van der Waals surface area contributed by atoms with E-state index in [0.717, 1.165) is 140 Å². The van der Waals surface area contributed by atoms with Crippen LogP contribution in [0.1, 0.15) is 28.5 Å². The normalized spacial score (nSPS) is 10.8. The first-order valence-corrected chi connectivity index (χ1v) is 51.1. The molecule has 0 amide bonds. The van der Waals surface area contributed by atoms with Gasteiger partial charge in [-0.2, -0.15) is 0 Å². The number of hydrogen-bond donors (Lipinski definition) is 0. The van der Waals surface area contributed by atoms with Gasteiger partial charge in [-0.15, -0.1) is 0 Å². The molecule has 17 aromatic carbocycles. The summed E-state index contributed by atoms with van der Waals surface area (Å²) in [6, 6.07) is 156. The lowest BCUT2D eigenvalue weighted by Crippen LogP contribution is -2.52. The Morgan fingerprint density at radius 2 is 0.496 bits per heavy atom. The molecule has 12 nitrogen and oxygen atoms in total. The zero-order chi connectivity index (χ0) is 92.4. The molecule has 0 fully saturated rings. The molecule has 0 aliphatic rings. The van der Waals surface area contributed by atoms with Gasteiger partial charge in [-0.3, -0.25) is 0 Å². The van der Waals surface area contributed by atoms with Gasteiger partial charge in [0.2, 0.25) is 0 Å². The lowest BCUT2D eigenvalue weighted by atomic mass is 9.97. The third-order valence-corrected chi connectivity index (χ3v) is 30.9. The topological polar surface area (TPSA) is 129 Å². The van der Waals surface area contributed by atoms with E-state index >= 15 is 0 Å². The Bertz CT molecular complexity index is 7520. The highest BCUT2D eigenvalue weighted by Gasteiger charge is 2.25. The van der Waals surface area contributed by atoms with Gasteiger partial charge < -0.3 is 25.6 Å². The Hall–Kier alpha value is -13.6. The molecule has 19 heteroatoms. The molecule has 0 bridgehead atoms. The van der Waals surface area contributed by atoms with Gasteiger partial charge in [-0.25, -0.2) is 24.9 Å². The van der Waals surface area contributed by atoms with Gasteiger partial charge in [-0.05, 0) is 154 Å². The van der Waals surface area contributed by atoms with E-state index in [2.05, 4.69) is 325 Å². The highest BCUT2D eigenvalue weighted by molar-refractivity contribution is 6.97. The van der Waals surface area contributed by atoms with Gasteiger partial charge in [0, 0.05) is 66.5 Å². The third-order valence-electron chi connectivity index (χ3n) is 22.7. The zero-order valence-corrected chi connectivity index (χ0v) is 83.0. The van der Waals surface area contributed by atoms with E-state index in [4.69, 9.17) is 25.6 Å². The molecule has 9 radical (unpaired) electrons. The zero-order valence-electron chi connectivity index (χ0n) is 75.2. The quantitative estimate of drug-likeness (QED) is 0.0409. The Morgan fingerprint density at radius 1 is 0.215 bits per heavy atom. The van der Waals surface area contributed by atoms with Gasteiger partial charge in [0.05, 0.1) is 5.75 Å². The smallest absolute Gasteiger partial charge is 0.652 e. The highest BCUT2D eigenvalue weighted by Crippen LogP contribution is 2.40. The molecule has 0 aliphatic carbocycles. The first-order chi connectivity index (χ1) is 66.4. The number of pyridine rings is 5. The molecule has 0 saturated heterocycles. The number of benzene rings is 17. The van der Waals surface area contributed by atoms with Crippen LogP contribution in [0.3, 0.4) is 0 Å². The number of aromatic nitrogens is 5. The number of nitrogens with zero attached hydrogens (tertiary/aromatic N) is 5. The number of fused-ring (bicyclic) bond motifs is 8. The molecule has 0 saturated carbocycles. The lowest BCUT2D eigenvalue weighted by Gasteiger charge is -2.19. The van der Waals surface area contributed by atoms with E-state index in [9.17, 15) is 0 Å². The van der Waals surface area contributed by atoms with Crippen molar-refractivity contribution in [2.24, 2.45) is 0 Å². The van der Waals surface area contributed by atoms with Crippen molar-refractivity contribution in [3.05, 3.63) is 477 Å². The van der Waals surface area contributed by atoms with Crippen LogP contribution in [0, 0.1) is 34.6 Å². The predicted molar refractivity (Wildman–Crippen MR) is 564 cm³/mol. The van der Waals surface area contributed by atoms with Crippen LogP contribution in [0.15, 0.2) is 449 Å². The molecule has 5 aromatic heterocycles. The van der Waals surface area contributed by atoms with Crippen LogP contribution < -0.4 is 53.9 Å². The second-order valence-electron chi connectivity index (χ2n) is 31.9. The molecule has 135 heavy (non-hydrogen) atoms. The maximum Gasteiger partial charge on any atom is 0.881 e. The molecule has 0 unspecified atom stereocenters. The van der Waals surface area contributed by atoms with Crippen molar-refractivity contribution in [1.82, 2.24) is 24.9 Å². The highest BCUT2D eigenvalue weighted by atomic mass is 28.3. The summed E-state index contributed by atoms with van der Waals surface area (Å²) in [7, 11) is -2.06. The number of aryl methyl sites for hydroxylation is 5. The van der Waals surface area contributed by atoms with E-state index in [1.54, 1.807) is 0 Å². The molecule has 22 rings (SSSR count). The molecule has 0 atom stereocenters. The van der Waals surface area contributed by atoms with E-state index < -0.39 is 65.3 Å². The summed E-state index contributed by atoms with van der Waals surface area (Å²) >= 11 is 2.33. The number of hydrogen-bond acceptors (Lipinski definition) is 12. The van der Waals surface area contributed by atoms with Gasteiger partial charge in [0.1, 0.15) is 56.3 Å². The maximum atomic E-state index is 6.39. The van der Waals surface area contributed by atoms with Crippen molar-refractivity contribution in [2.75, 3.05) is 0 Å². The summed E-state index contributed by atoms with van der Waals surface area (Å²) in [5.41, 5.74) is 13.6. The summed E-state index contributed by atoms with van der Waals surface area (Å²) in [6.45, 7) is 9.87. The summed E-state index contributed by atoms with van der Waals surface area (Å²) in [5.74, 6) is 4.67. The first kappa shape index (κ1) is 93.2. The van der Waals surface area contributed by atoms with Crippen LogP contribution >= 0.6 is 0 Å². The molecular weight excluding hydrogens is 1770 g/mol. The van der Waals surface area contributed by atoms with E-state index in [1.807, 2.05) is 217 Å². The summed E-state index contributed by atoms with van der Waals surface area (Å²) < 4.78 is 40.2. The van der Waals surface area contributed by atoms with Crippen LogP contribution in [0.2, 0.25) is 0 Å². The Kier molecular flexibility index (Phi) is 32.0. The average molecular weight is 1860 g/mol. The van der Waals surface area contributed by atoms with Crippen LogP contribution in [0.25, 0.3) is 109 Å². The van der Waals surface area contributed by atoms with Crippen molar-refractivity contribution in [3.8, 4) is 56.8 Å². The SMILES string of the molecule is Cc1ccc2cccc([O][Al])c2n1.Cc1ccc2cccc([O][Al])c2n1.Cc1ccc2cccc([O][Al][O][Al][O]c3cccc4ccc(C)nc34)c2n1.Cc1ccc2cccc([O][Al][O]c3c(-c4ccccc4)cccc3-c3ccccc3)c2n1.c1ccc([Si](c2ccc3ccccc3c2)c2cccc3ccccc23)cc1.c1ccc([Si](c2ccccc2)c2ccc3ccccc3c2)cc1. The van der Waals surface area contributed by atoms with Gasteiger partial charge in [0.25, 0.3) is 0 Å². The lowest BCUT2D eigenvalue weighted by molar-refractivity contribution is 0.420.